The van der Waals surface area contributed by atoms with Crippen LogP contribution in [0.3, 0.4) is 0 Å². The van der Waals surface area contributed by atoms with Gasteiger partial charge in [-0.15, -0.1) is 11.3 Å². The molecule has 0 unspecified atom stereocenters. The number of fused-ring (bicyclic) bond motifs is 1. The third kappa shape index (κ3) is 5.28. The number of carbonyl (C=O) groups is 1. The lowest BCUT2D eigenvalue weighted by Gasteiger charge is -2.32. The highest BCUT2D eigenvalue weighted by molar-refractivity contribution is 7.93. The summed E-state index contributed by atoms with van der Waals surface area (Å²) in [7, 11) is -3.83. The fourth-order valence-electron chi connectivity index (χ4n) is 4.72. The number of rotatable bonds is 7. The van der Waals surface area contributed by atoms with Gasteiger partial charge in [0.1, 0.15) is 10.4 Å². The number of para-hydroxylation sites is 1. The number of anilines is 1. The molecule has 1 aliphatic rings. The van der Waals surface area contributed by atoms with Crippen molar-refractivity contribution in [1.82, 2.24) is 9.88 Å². The van der Waals surface area contributed by atoms with Crippen LogP contribution in [0.4, 0.5) is 5.69 Å². The van der Waals surface area contributed by atoms with E-state index in [0.29, 0.717) is 29.9 Å². The summed E-state index contributed by atoms with van der Waals surface area (Å²) < 4.78 is 29.4. The Hall–Kier alpha value is -3.20. The highest BCUT2D eigenvalue weighted by Crippen LogP contribution is 2.34. The highest BCUT2D eigenvalue weighted by Gasteiger charge is 2.25. The molecule has 6 nitrogen and oxygen atoms in total. The van der Waals surface area contributed by atoms with Gasteiger partial charge in [0.05, 0.1) is 10.2 Å². The van der Waals surface area contributed by atoms with Crippen molar-refractivity contribution in [3.8, 4) is 0 Å². The van der Waals surface area contributed by atoms with Gasteiger partial charge in [-0.2, -0.15) is 0 Å². The first-order valence-electron chi connectivity index (χ1n) is 12.1. The van der Waals surface area contributed by atoms with E-state index in [2.05, 4.69) is 16.6 Å². The predicted molar refractivity (Wildman–Crippen MR) is 151 cm³/mol. The lowest BCUT2D eigenvalue weighted by Crippen LogP contribution is -2.37. The van der Waals surface area contributed by atoms with Crippen molar-refractivity contribution in [2.24, 2.45) is 0 Å². The van der Waals surface area contributed by atoms with E-state index in [9.17, 15) is 13.2 Å². The number of amides is 1. The molecule has 1 aliphatic heterocycles. The Morgan fingerprint density at radius 2 is 1.86 bits per heavy atom. The van der Waals surface area contributed by atoms with Crippen LogP contribution in [0, 0.1) is 0 Å². The summed E-state index contributed by atoms with van der Waals surface area (Å²) in [5.74, 6) is -0.0755. The van der Waals surface area contributed by atoms with Crippen molar-refractivity contribution >= 4 is 60.3 Å². The quantitative estimate of drug-likeness (QED) is 0.272. The zero-order valence-corrected chi connectivity index (χ0v) is 22.7. The van der Waals surface area contributed by atoms with E-state index in [4.69, 9.17) is 11.6 Å². The van der Waals surface area contributed by atoms with Crippen LogP contribution in [0.1, 0.15) is 42.1 Å². The maximum Gasteiger partial charge on any atom is 0.264 e. The second kappa shape index (κ2) is 10.7. The molecule has 37 heavy (non-hydrogen) atoms. The molecule has 1 aromatic heterocycles. The first-order valence-corrected chi connectivity index (χ1v) is 14.8. The molecule has 0 radical (unpaired) electrons. The number of nitrogens with one attached hydrogen (secondary N) is 1. The van der Waals surface area contributed by atoms with Crippen molar-refractivity contribution in [2.75, 3.05) is 17.8 Å². The number of aromatic nitrogens is 1. The summed E-state index contributed by atoms with van der Waals surface area (Å²) >= 11 is 7.86. The molecule has 5 rings (SSSR count). The number of thiazole rings is 1. The average molecular weight is 552 g/mol. The summed E-state index contributed by atoms with van der Waals surface area (Å²) in [4.78, 5) is 19.5. The van der Waals surface area contributed by atoms with Gasteiger partial charge in [0.2, 0.25) is 0 Å². The Morgan fingerprint density at radius 3 is 2.62 bits per heavy atom. The molecule has 1 amide bonds. The molecule has 0 spiro atoms. The van der Waals surface area contributed by atoms with E-state index in [1.165, 1.54) is 28.5 Å². The van der Waals surface area contributed by atoms with Gasteiger partial charge in [-0.05, 0) is 72.0 Å². The van der Waals surface area contributed by atoms with Gasteiger partial charge in [0.25, 0.3) is 15.9 Å². The second-order valence-electron chi connectivity index (χ2n) is 8.93. The number of hydrogen-bond donors (Lipinski definition) is 1. The Kier molecular flexibility index (Phi) is 7.33. The molecule has 1 N–H and O–H groups in total. The van der Waals surface area contributed by atoms with Gasteiger partial charge < -0.3 is 4.90 Å². The minimum absolute atomic E-state index is 0.0755. The monoisotopic (exact) mass is 551 g/mol. The van der Waals surface area contributed by atoms with Crippen LogP contribution in [0.5, 0.6) is 0 Å². The first kappa shape index (κ1) is 25.4. The number of sulfonamides is 1. The number of hydrogen-bond acceptors (Lipinski definition) is 5. The average Bonchev–Trinajstić information content (AvgIpc) is 3.38. The maximum atomic E-state index is 13.3. The van der Waals surface area contributed by atoms with E-state index in [-0.39, 0.29) is 10.8 Å². The molecule has 9 heteroatoms. The fourth-order valence-corrected chi connectivity index (χ4v) is 6.96. The first-order chi connectivity index (χ1) is 17.9. The number of halogens is 1. The van der Waals surface area contributed by atoms with Crippen LogP contribution >= 0.6 is 22.9 Å². The van der Waals surface area contributed by atoms with Gasteiger partial charge in [0.15, 0.2) is 0 Å². The largest absolute Gasteiger partial charge is 0.334 e. The molecule has 0 fully saturated rings. The smallest absolute Gasteiger partial charge is 0.264 e. The lowest BCUT2D eigenvalue weighted by molar-refractivity contribution is 0.0766. The Morgan fingerprint density at radius 1 is 1.08 bits per heavy atom. The van der Waals surface area contributed by atoms with Crippen LogP contribution < -0.4 is 4.72 Å². The van der Waals surface area contributed by atoms with Crippen LogP contribution in [0.15, 0.2) is 82.7 Å². The van der Waals surface area contributed by atoms with Crippen molar-refractivity contribution < 1.29 is 13.2 Å². The van der Waals surface area contributed by atoms with Crippen LogP contribution in [0.25, 0.3) is 15.8 Å². The SMILES string of the molecule is CCCC1=C(c2ccccc2Cl)CCN(C(=O)c2ccc(NS(=O)(=O)c3cccc4scnc34)cc2)C1. The number of nitrogens with zero attached hydrogens (tertiary/aromatic N) is 2. The van der Waals surface area contributed by atoms with Crippen molar-refractivity contribution in [3.05, 3.63) is 94.0 Å². The molecule has 0 saturated heterocycles. The molecule has 0 saturated carbocycles. The number of carbonyl (C=O) groups excluding carboxylic acids is 1. The molecule has 0 aliphatic carbocycles. The molecule has 2 heterocycles. The molecular weight excluding hydrogens is 526 g/mol. The summed E-state index contributed by atoms with van der Waals surface area (Å²) in [6.45, 7) is 3.28. The molecule has 3 aromatic carbocycles. The zero-order chi connectivity index (χ0) is 26.0. The van der Waals surface area contributed by atoms with Crippen molar-refractivity contribution in [1.29, 1.82) is 0 Å². The van der Waals surface area contributed by atoms with Crippen molar-refractivity contribution in [2.45, 2.75) is 31.1 Å². The zero-order valence-electron chi connectivity index (χ0n) is 20.3. The maximum absolute atomic E-state index is 13.3. The molecule has 190 valence electrons. The predicted octanol–water partition coefficient (Wildman–Crippen LogP) is 6.85. The van der Waals surface area contributed by atoms with E-state index in [0.717, 1.165) is 34.5 Å². The third-order valence-corrected chi connectivity index (χ3v) is 9.01. The summed E-state index contributed by atoms with van der Waals surface area (Å²) in [6.07, 6.45) is 2.62. The van der Waals surface area contributed by atoms with Gasteiger partial charge >= 0.3 is 0 Å². The normalized spacial score (nSPS) is 14.3. The Balaban J connectivity index is 1.33. The van der Waals surface area contributed by atoms with E-state index in [1.807, 2.05) is 35.2 Å². The molecular formula is C28H26ClN3O3S2. The summed E-state index contributed by atoms with van der Waals surface area (Å²) in [6, 6.07) is 19.5. The Bertz CT molecular complexity index is 1590. The summed E-state index contributed by atoms with van der Waals surface area (Å²) in [5.41, 5.74) is 6.49. The topological polar surface area (TPSA) is 79.4 Å². The number of benzene rings is 3. The van der Waals surface area contributed by atoms with Crippen LogP contribution in [0.2, 0.25) is 5.02 Å². The highest BCUT2D eigenvalue weighted by atomic mass is 35.5. The minimum atomic E-state index is -3.83. The van der Waals surface area contributed by atoms with Gasteiger partial charge in [-0.3, -0.25) is 9.52 Å². The summed E-state index contributed by atoms with van der Waals surface area (Å²) in [5, 5.41) is 0.731. The van der Waals surface area contributed by atoms with Crippen LogP contribution in [-0.4, -0.2) is 37.3 Å². The van der Waals surface area contributed by atoms with Crippen LogP contribution in [-0.2, 0) is 10.0 Å². The standard InChI is InChI=1S/C28H26ClN3O3S2/c1-2-6-20-17-32(16-15-22(20)23-7-3-4-8-24(23)29)28(33)19-11-13-21(14-12-19)31-37(34,35)26-10-5-9-25-27(26)30-18-36-25/h3-5,7-14,18,31H,2,6,15-17H2,1H3. The Labute approximate surface area is 225 Å². The van der Waals surface area contributed by atoms with E-state index in [1.54, 1.807) is 35.8 Å². The van der Waals surface area contributed by atoms with Gasteiger partial charge in [0, 0.05) is 29.4 Å². The lowest BCUT2D eigenvalue weighted by atomic mass is 9.90. The minimum Gasteiger partial charge on any atom is -0.334 e. The third-order valence-electron chi connectivity index (χ3n) is 6.48. The van der Waals surface area contributed by atoms with Gasteiger partial charge in [-0.25, -0.2) is 13.4 Å². The van der Waals surface area contributed by atoms with E-state index >= 15 is 0 Å². The second-order valence-corrected chi connectivity index (χ2v) is 11.9. The van der Waals surface area contributed by atoms with E-state index < -0.39 is 10.0 Å². The fraction of sp³-hybridized carbons (Fsp3) is 0.214. The molecule has 4 aromatic rings. The molecule has 0 atom stereocenters. The molecule has 0 bridgehead atoms. The van der Waals surface area contributed by atoms with Gasteiger partial charge in [-0.1, -0.05) is 49.2 Å². The van der Waals surface area contributed by atoms with Crippen molar-refractivity contribution in [3.63, 3.8) is 0 Å².